The fraction of sp³-hybridized carbons (Fsp3) is 0.0769. The van der Waals surface area contributed by atoms with Gasteiger partial charge in [-0.25, -0.2) is 0 Å². The summed E-state index contributed by atoms with van der Waals surface area (Å²) in [5, 5.41) is 10.3. The van der Waals surface area contributed by atoms with Crippen molar-refractivity contribution in [3.63, 3.8) is 0 Å². The van der Waals surface area contributed by atoms with Gasteiger partial charge >= 0.3 is 0 Å². The molecule has 0 aliphatic rings. The number of phenols is 1. The fourth-order valence-corrected chi connectivity index (χ4v) is 1.62. The van der Waals surface area contributed by atoms with Gasteiger partial charge in [-0.05, 0) is 42.8 Å². The summed E-state index contributed by atoms with van der Waals surface area (Å²) in [7, 11) is 0. The van der Waals surface area contributed by atoms with E-state index in [0.717, 1.165) is 5.56 Å². The summed E-state index contributed by atoms with van der Waals surface area (Å²) in [4.78, 5) is 0. The lowest BCUT2D eigenvalue weighted by atomic mass is 10.2. The van der Waals surface area contributed by atoms with Crippen LogP contribution in [0.2, 0.25) is 5.02 Å². The van der Waals surface area contributed by atoms with Crippen molar-refractivity contribution >= 4 is 17.3 Å². The van der Waals surface area contributed by atoms with E-state index in [1.54, 1.807) is 30.3 Å². The van der Waals surface area contributed by atoms with Crippen molar-refractivity contribution < 1.29 is 9.84 Å². The number of aryl methyl sites for hydroxylation is 1. The van der Waals surface area contributed by atoms with Crippen LogP contribution < -0.4 is 10.5 Å². The van der Waals surface area contributed by atoms with Gasteiger partial charge in [0, 0.05) is 5.02 Å². The van der Waals surface area contributed by atoms with Gasteiger partial charge in [0.2, 0.25) is 0 Å². The molecule has 0 spiro atoms. The van der Waals surface area contributed by atoms with Crippen molar-refractivity contribution in [1.82, 2.24) is 0 Å². The number of hydrogen-bond acceptors (Lipinski definition) is 3. The Balaban J connectivity index is 2.31. The number of hydrogen-bond donors (Lipinski definition) is 2. The molecule has 0 heterocycles. The topological polar surface area (TPSA) is 55.5 Å². The number of benzene rings is 2. The summed E-state index contributed by atoms with van der Waals surface area (Å²) in [5.41, 5.74) is 7.14. The summed E-state index contributed by atoms with van der Waals surface area (Å²) >= 11 is 5.79. The molecule has 4 heteroatoms. The zero-order valence-electron chi connectivity index (χ0n) is 9.27. The minimum absolute atomic E-state index is 0.0827. The van der Waals surface area contributed by atoms with E-state index in [4.69, 9.17) is 22.1 Å². The molecule has 0 unspecified atom stereocenters. The molecule has 2 rings (SSSR count). The molecule has 0 amide bonds. The van der Waals surface area contributed by atoms with Crippen molar-refractivity contribution in [3.8, 4) is 17.2 Å². The largest absolute Gasteiger partial charge is 0.504 e. The zero-order chi connectivity index (χ0) is 12.4. The third-order valence-electron chi connectivity index (χ3n) is 2.31. The maximum atomic E-state index is 9.71. The normalized spacial score (nSPS) is 10.2. The lowest BCUT2D eigenvalue weighted by molar-refractivity contribution is 0.412. The third-order valence-corrected chi connectivity index (χ3v) is 2.54. The molecule has 3 nitrogen and oxygen atoms in total. The molecule has 0 atom stereocenters. The average Bonchev–Trinajstić information content (AvgIpc) is 2.25. The highest BCUT2D eigenvalue weighted by atomic mass is 35.5. The number of halogens is 1. The van der Waals surface area contributed by atoms with E-state index in [1.807, 2.05) is 13.0 Å². The lowest BCUT2D eigenvalue weighted by Crippen LogP contribution is -1.92. The molecular formula is C13H12ClNO2. The second-order valence-corrected chi connectivity index (χ2v) is 4.19. The Morgan fingerprint density at radius 1 is 1.12 bits per heavy atom. The molecule has 0 aliphatic heterocycles. The number of rotatable bonds is 2. The molecule has 0 bridgehead atoms. The second kappa shape index (κ2) is 4.55. The number of anilines is 1. The fourth-order valence-electron chi connectivity index (χ4n) is 1.44. The van der Waals surface area contributed by atoms with Gasteiger partial charge in [-0.1, -0.05) is 17.7 Å². The minimum atomic E-state index is 0.0827. The molecule has 0 saturated heterocycles. The molecule has 0 saturated carbocycles. The van der Waals surface area contributed by atoms with E-state index in [-0.39, 0.29) is 5.75 Å². The maximum Gasteiger partial charge on any atom is 0.169 e. The second-order valence-electron chi connectivity index (χ2n) is 3.76. The Bertz CT molecular complexity index is 506. The van der Waals surface area contributed by atoms with Crippen molar-refractivity contribution in [3.05, 3.63) is 47.0 Å². The first kappa shape index (κ1) is 11.6. The summed E-state index contributed by atoms with van der Waals surface area (Å²) in [6.45, 7) is 1.89. The van der Waals surface area contributed by atoms with Crippen LogP contribution in [0.25, 0.3) is 0 Å². The molecule has 0 radical (unpaired) electrons. The van der Waals surface area contributed by atoms with Crippen LogP contribution >= 0.6 is 11.6 Å². The Labute approximate surface area is 104 Å². The lowest BCUT2D eigenvalue weighted by Gasteiger charge is -2.10. The Kier molecular flexibility index (Phi) is 3.11. The summed E-state index contributed by atoms with van der Waals surface area (Å²) in [6, 6.07) is 10.1. The van der Waals surface area contributed by atoms with Crippen molar-refractivity contribution in [2.24, 2.45) is 0 Å². The van der Waals surface area contributed by atoms with E-state index in [0.29, 0.717) is 22.2 Å². The van der Waals surface area contributed by atoms with Crippen molar-refractivity contribution in [2.75, 3.05) is 5.73 Å². The highest BCUT2D eigenvalue weighted by Crippen LogP contribution is 2.34. The monoisotopic (exact) mass is 249 g/mol. The first-order chi connectivity index (χ1) is 8.06. The number of phenolic OH excluding ortho intramolecular Hbond substituents is 1. The summed E-state index contributed by atoms with van der Waals surface area (Å²) < 4.78 is 5.52. The number of nitrogen functional groups attached to an aromatic ring is 1. The summed E-state index contributed by atoms with van der Waals surface area (Å²) in [5.74, 6) is 0.914. The average molecular weight is 250 g/mol. The van der Waals surface area contributed by atoms with E-state index in [9.17, 15) is 5.11 Å². The Morgan fingerprint density at radius 2 is 1.82 bits per heavy atom. The van der Waals surface area contributed by atoms with Crippen LogP contribution in [0.3, 0.4) is 0 Å². The molecule has 2 aromatic carbocycles. The Hall–Kier alpha value is -1.87. The van der Waals surface area contributed by atoms with E-state index >= 15 is 0 Å². The SMILES string of the molecule is Cc1ccc(Oc2ccc(Cl)cc2N)c(O)c1. The van der Waals surface area contributed by atoms with Crippen LogP contribution in [0, 0.1) is 6.92 Å². The molecule has 17 heavy (non-hydrogen) atoms. The van der Waals surface area contributed by atoms with Gasteiger partial charge in [0.15, 0.2) is 17.2 Å². The van der Waals surface area contributed by atoms with Gasteiger partial charge in [0.25, 0.3) is 0 Å². The van der Waals surface area contributed by atoms with Gasteiger partial charge in [0.05, 0.1) is 5.69 Å². The Morgan fingerprint density at radius 3 is 2.47 bits per heavy atom. The van der Waals surface area contributed by atoms with Crippen LogP contribution in [0.4, 0.5) is 5.69 Å². The maximum absolute atomic E-state index is 9.71. The molecule has 88 valence electrons. The van der Waals surface area contributed by atoms with Gasteiger partial charge < -0.3 is 15.6 Å². The van der Waals surface area contributed by atoms with Gasteiger partial charge in [-0.2, -0.15) is 0 Å². The molecule has 0 aliphatic carbocycles. The molecule has 3 N–H and O–H groups in total. The van der Waals surface area contributed by atoms with Crippen LogP contribution in [0.5, 0.6) is 17.2 Å². The van der Waals surface area contributed by atoms with Gasteiger partial charge in [-0.15, -0.1) is 0 Å². The standard InChI is InChI=1S/C13H12ClNO2/c1-8-2-4-13(11(16)6-8)17-12-5-3-9(14)7-10(12)15/h2-7,16H,15H2,1H3. The van der Waals surface area contributed by atoms with E-state index in [2.05, 4.69) is 0 Å². The first-order valence-corrected chi connectivity index (χ1v) is 5.46. The molecule has 0 aromatic heterocycles. The van der Waals surface area contributed by atoms with Crippen molar-refractivity contribution in [2.45, 2.75) is 6.92 Å². The minimum Gasteiger partial charge on any atom is -0.504 e. The van der Waals surface area contributed by atoms with E-state index < -0.39 is 0 Å². The van der Waals surface area contributed by atoms with Crippen LogP contribution in [0.15, 0.2) is 36.4 Å². The first-order valence-electron chi connectivity index (χ1n) is 5.09. The van der Waals surface area contributed by atoms with Crippen LogP contribution in [-0.4, -0.2) is 5.11 Å². The van der Waals surface area contributed by atoms with E-state index in [1.165, 1.54) is 0 Å². The molecule has 2 aromatic rings. The number of aromatic hydroxyl groups is 1. The third kappa shape index (κ3) is 2.63. The summed E-state index contributed by atoms with van der Waals surface area (Å²) in [6.07, 6.45) is 0. The van der Waals surface area contributed by atoms with Gasteiger partial charge in [0.1, 0.15) is 0 Å². The predicted octanol–water partition coefficient (Wildman–Crippen LogP) is 3.73. The quantitative estimate of drug-likeness (QED) is 0.798. The molecule has 0 fully saturated rings. The van der Waals surface area contributed by atoms with Gasteiger partial charge in [-0.3, -0.25) is 0 Å². The number of ether oxygens (including phenoxy) is 1. The van der Waals surface area contributed by atoms with Crippen LogP contribution in [-0.2, 0) is 0 Å². The smallest absolute Gasteiger partial charge is 0.169 e. The highest BCUT2D eigenvalue weighted by Gasteiger charge is 2.06. The highest BCUT2D eigenvalue weighted by molar-refractivity contribution is 6.30. The molecular weight excluding hydrogens is 238 g/mol. The zero-order valence-corrected chi connectivity index (χ0v) is 10.0. The predicted molar refractivity (Wildman–Crippen MR) is 68.8 cm³/mol. The van der Waals surface area contributed by atoms with Crippen molar-refractivity contribution in [1.29, 1.82) is 0 Å². The number of nitrogens with two attached hydrogens (primary N) is 1. The van der Waals surface area contributed by atoms with Crippen LogP contribution in [0.1, 0.15) is 5.56 Å².